The Balaban J connectivity index is 1.82. The molecule has 8 heteroatoms. The van der Waals surface area contributed by atoms with Crippen LogP contribution in [0.2, 0.25) is 0 Å². The lowest BCUT2D eigenvalue weighted by atomic mass is 9.68. The molecule has 2 aliphatic rings. The fraction of sp³-hybridized carbons (Fsp3) is 0.308. The number of nitrogens with one attached hydrogen (secondary N) is 1. The van der Waals surface area contributed by atoms with Gasteiger partial charge in [-0.3, -0.25) is 14.9 Å². The van der Waals surface area contributed by atoms with E-state index in [4.69, 9.17) is 9.47 Å². The van der Waals surface area contributed by atoms with E-state index >= 15 is 0 Å². The number of nitrogens with zero attached hydrogens (tertiary/aromatic N) is 1. The first-order chi connectivity index (χ1) is 16.3. The van der Waals surface area contributed by atoms with Crippen LogP contribution >= 0.6 is 0 Å². The van der Waals surface area contributed by atoms with Crippen molar-refractivity contribution in [1.82, 2.24) is 5.32 Å². The molecule has 3 atom stereocenters. The number of hydrogen-bond donors (Lipinski definition) is 1. The summed E-state index contributed by atoms with van der Waals surface area (Å²) in [4.78, 5) is 37.4. The van der Waals surface area contributed by atoms with Gasteiger partial charge in [0.25, 0.3) is 5.69 Å². The first-order valence-electron chi connectivity index (χ1n) is 11.1. The number of ether oxygens (including phenoxy) is 2. The average molecular weight is 463 g/mol. The molecule has 0 spiro atoms. The van der Waals surface area contributed by atoms with E-state index < -0.39 is 22.7 Å². The summed E-state index contributed by atoms with van der Waals surface area (Å²) in [6.07, 6.45) is 2.27. The van der Waals surface area contributed by atoms with Crippen molar-refractivity contribution in [2.45, 2.75) is 32.1 Å². The number of rotatable bonds is 6. The van der Waals surface area contributed by atoms with E-state index in [1.807, 2.05) is 30.3 Å². The van der Waals surface area contributed by atoms with Crippen LogP contribution in [0.4, 0.5) is 5.69 Å². The fourth-order valence-corrected chi connectivity index (χ4v) is 4.81. The first kappa shape index (κ1) is 23.2. The Morgan fingerprint density at radius 3 is 2.53 bits per heavy atom. The van der Waals surface area contributed by atoms with Crippen LogP contribution in [0.5, 0.6) is 5.75 Å². The van der Waals surface area contributed by atoms with Crippen LogP contribution in [0.3, 0.4) is 0 Å². The number of non-ortho nitro benzene ring substituents is 1. The molecule has 2 aromatic rings. The molecular formula is C26H26N2O6. The molecule has 1 N–H and O–H groups in total. The number of ketones is 1. The van der Waals surface area contributed by atoms with Crippen molar-refractivity contribution in [2.24, 2.45) is 5.92 Å². The molecule has 0 amide bonds. The van der Waals surface area contributed by atoms with E-state index in [1.54, 1.807) is 33.1 Å². The Morgan fingerprint density at radius 2 is 1.88 bits per heavy atom. The summed E-state index contributed by atoms with van der Waals surface area (Å²) >= 11 is 0. The van der Waals surface area contributed by atoms with Crippen LogP contribution in [0, 0.1) is 16.0 Å². The zero-order valence-corrected chi connectivity index (χ0v) is 19.2. The highest BCUT2D eigenvalue weighted by Crippen LogP contribution is 2.46. The van der Waals surface area contributed by atoms with Crippen molar-refractivity contribution < 1.29 is 24.0 Å². The SMILES string of the molecule is CCOC(=O)C1=C(C)NC2=CC(c3ccc(OC)cc3)CC(=O)C2C1c1cccc([N+](=O)[O-])c1. The number of Topliss-reactive ketones (excluding diaryl/α,β-unsaturated/α-hetero) is 1. The molecule has 1 heterocycles. The molecule has 4 rings (SSSR count). The Hall–Kier alpha value is -3.94. The van der Waals surface area contributed by atoms with Crippen LogP contribution < -0.4 is 10.1 Å². The van der Waals surface area contributed by atoms with Gasteiger partial charge in [0.15, 0.2) is 0 Å². The Labute approximate surface area is 197 Å². The number of carbonyl (C=O) groups excluding carboxylic acids is 2. The molecular weight excluding hydrogens is 436 g/mol. The minimum absolute atomic E-state index is 0.0448. The zero-order valence-electron chi connectivity index (χ0n) is 19.2. The molecule has 8 nitrogen and oxygen atoms in total. The Morgan fingerprint density at radius 1 is 1.15 bits per heavy atom. The van der Waals surface area contributed by atoms with Crippen molar-refractivity contribution >= 4 is 17.4 Å². The lowest BCUT2D eigenvalue weighted by Crippen LogP contribution is -2.42. The number of benzene rings is 2. The summed E-state index contributed by atoms with van der Waals surface area (Å²) in [5, 5.41) is 14.7. The average Bonchev–Trinajstić information content (AvgIpc) is 2.83. The maximum absolute atomic E-state index is 13.6. The van der Waals surface area contributed by atoms with Crippen LogP contribution in [-0.4, -0.2) is 30.4 Å². The molecule has 34 heavy (non-hydrogen) atoms. The third-order valence-corrected chi connectivity index (χ3v) is 6.34. The molecule has 2 aromatic carbocycles. The number of nitro benzene ring substituents is 1. The normalized spacial score (nSPS) is 21.8. The summed E-state index contributed by atoms with van der Waals surface area (Å²) in [5.41, 5.74) is 3.00. The number of fused-ring (bicyclic) bond motifs is 1. The molecule has 0 saturated heterocycles. The van der Waals surface area contributed by atoms with Gasteiger partial charge in [-0.2, -0.15) is 0 Å². The molecule has 1 aliphatic heterocycles. The van der Waals surface area contributed by atoms with Crippen LogP contribution in [0.15, 0.2) is 71.6 Å². The van der Waals surface area contributed by atoms with Crippen LogP contribution in [-0.2, 0) is 14.3 Å². The van der Waals surface area contributed by atoms with Crippen molar-refractivity contribution in [3.63, 3.8) is 0 Å². The van der Waals surface area contributed by atoms with Gasteiger partial charge < -0.3 is 14.8 Å². The van der Waals surface area contributed by atoms with Crippen molar-refractivity contribution in [3.05, 3.63) is 92.8 Å². The van der Waals surface area contributed by atoms with Gasteiger partial charge >= 0.3 is 5.97 Å². The molecule has 0 saturated carbocycles. The van der Waals surface area contributed by atoms with Crippen molar-refractivity contribution in [1.29, 1.82) is 0 Å². The predicted octanol–water partition coefficient (Wildman–Crippen LogP) is 4.38. The standard InChI is InChI=1S/C26H26N2O6/c1-4-34-26(30)23-15(2)27-21-13-18(16-8-10-20(33-3)11-9-16)14-22(29)25(21)24(23)17-6-5-7-19(12-17)28(31)32/h5-13,18,24-25,27H,4,14H2,1-3H3. The van der Waals surface area contributed by atoms with E-state index in [1.165, 1.54) is 12.1 Å². The van der Waals surface area contributed by atoms with Gasteiger partial charge in [0, 0.05) is 41.8 Å². The highest BCUT2D eigenvalue weighted by Gasteiger charge is 2.45. The predicted molar refractivity (Wildman–Crippen MR) is 125 cm³/mol. The van der Waals surface area contributed by atoms with Gasteiger partial charge in [0.1, 0.15) is 11.5 Å². The third-order valence-electron chi connectivity index (χ3n) is 6.34. The van der Waals surface area contributed by atoms with Gasteiger partial charge in [-0.05, 0) is 37.1 Å². The van der Waals surface area contributed by atoms with E-state index in [2.05, 4.69) is 5.32 Å². The largest absolute Gasteiger partial charge is 0.497 e. The summed E-state index contributed by atoms with van der Waals surface area (Å²) in [5.74, 6) is -1.34. The quantitative estimate of drug-likeness (QED) is 0.385. The number of carbonyl (C=O) groups is 2. The molecule has 0 bridgehead atoms. The maximum atomic E-state index is 13.6. The van der Waals surface area contributed by atoms with Gasteiger partial charge in [0.2, 0.25) is 0 Å². The van der Waals surface area contributed by atoms with Gasteiger partial charge in [0.05, 0.1) is 30.1 Å². The molecule has 0 radical (unpaired) electrons. The minimum Gasteiger partial charge on any atom is -0.497 e. The van der Waals surface area contributed by atoms with E-state index in [9.17, 15) is 19.7 Å². The minimum atomic E-state index is -0.684. The van der Waals surface area contributed by atoms with Gasteiger partial charge in [-0.1, -0.05) is 30.3 Å². The second-order valence-corrected chi connectivity index (χ2v) is 8.36. The summed E-state index contributed by atoms with van der Waals surface area (Å²) in [7, 11) is 1.60. The van der Waals surface area contributed by atoms with Crippen LogP contribution in [0.1, 0.15) is 43.2 Å². The number of allylic oxidation sites excluding steroid dienone is 3. The highest BCUT2D eigenvalue weighted by atomic mass is 16.6. The zero-order chi connectivity index (χ0) is 24.4. The van der Waals surface area contributed by atoms with Crippen LogP contribution in [0.25, 0.3) is 0 Å². The fourth-order valence-electron chi connectivity index (χ4n) is 4.81. The molecule has 176 valence electrons. The number of hydrogen-bond acceptors (Lipinski definition) is 7. The number of esters is 1. The summed E-state index contributed by atoms with van der Waals surface area (Å²) in [6, 6.07) is 13.7. The van der Waals surface area contributed by atoms with E-state index in [0.717, 1.165) is 11.3 Å². The maximum Gasteiger partial charge on any atom is 0.336 e. The Bertz CT molecular complexity index is 1200. The second-order valence-electron chi connectivity index (χ2n) is 8.36. The molecule has 1 aliphatic carbocycles. The first-order valence-corrected chi connectivity index (χ1v) is 11.1. The van der Waals surface area contributed by atoms with E-state index in [0.29, 0.717) is 22.5 Å². The Kier molecular flexibility index (Phi) is 6.49. The topological polar surface area (TPSA) is 108 Å². The summed E-state index contributed by atoms with van der Waals surface area (Å²) < 4.78 is 10.5. The van der Waals surface area contributed by atoms with Crippen molar-refractivity contribution in [3.8, 4) is 5.75 Å². The van der Waals surface area contributed by atoms with E-state index in [-0.39, 0.29) is 30.4 Å². The lowest BCUT2D eigenvalue weighted by Gasteiger charge is -2.39. The molecule has 3 unspecified atom stereocenters. The molecule has 0 fully saturated rings. The lowest BCUT2D eigenvalue weighted by molar-refractivity contribution is -0.384. The smallest absolute Gasteiger partial charge is 0.336 e. The molecule has 0 aromatic heterocycles. The number of nitro groups is 1. The third kappa shape index (κ3) is 4.31. The van der Waals surface area contributed by atoms with Gasteiger partial charge in [-0.25, -0.2) is 4.79 Å². The number of methoxy groups -OCH3 is 1. The highest BCUT2D eigenvalue weighted by molar-refractivity contribution is 5.96. The van der Waals surface area contributed by atoms with Gasteiger partial charge in [-0.15, -0.1) is 0 Å². The van der Waals surface area contributed by atoms with Crippen molar-refractivity contribution in [2.75, 3.05) is 13.7 Å². The second kappa shape index (κ2) is 9.51. The summed E-state index contributed by atoms with van der Waals surface area (Å²) in [6.45, 7) is 3.65. The monoisotopic (exact) mass is 462 g/mol.